The molecule has 28 heavy (non-hydrogen) atoms. The summed E-state index contributed by atoms with van der Waals surface area (Å²) in [6, 6.07) is 6.42. The van der Waals surface area contributed by atoms with Crippen molar-refractivity contribution in [2.24, 2.45) is 0 Å². The molecule has 1 aromatic heterocycles. The van der Waals surface area contributed by atoms with E-state index in [0.717, 1.165) is 30.0 Å². The van der Waals surface area contributed by atoms with E-state index < -0.39 is 18.4 Å². The van der Waals surface area contributed by atoms with Crippen LogP contribution in [-0.4, -0.2) is 65.6 Å². The molecule has 1 saturated heterocycles. The van der Waals surface area contributed by atoms with Crippen molar-refractivity contribution < 1.29 is 9.32 Å². The second kappa shape index (κ2) is 6.45. The Morgan fingerprint density at radius 2 is 2.04 bits per heavy atom. The Morgan fingerprint density at radius 3 is 2.75 bits per heavy atom. The molecule has 1 N–H and O–H groups in total. The third-order valence-electron chi connectivity index (χ3n) is 6.11. The first-order valence-electron chi connectivity index (χ1n) is 10.1. The van der Waals surface area contributed by atoms with Crippen LogP contribution in [0.5, 0.6) is 0 Å². The zero-order valence-corrected chi connectivity index (χ0v) is 19.8. The molecule has 2 atom stereocenters. The van der Waals surface area contributed by atoms with Crippen molar-refractivity contribution >= 4 is 33.6 Å². The molecule has 3 aliphatic rings. The second-order valence-corrected chi connectivity index (χ2v) is 23.7. The molecule has 1 amide bonds. The Morgan fingerprint density at radius 1 is 1.25 bits per heavy atom. The van der Waals surface area contributed by atoms with Gasteiger partial charge in [-0.15, -0.1) is 0 Å². The van der Waals surface area contributed by atoms with Crippen molar-refractivity contribution in [1.29, 1.82) is 0 Å². The molecule has 0 bridgehead atoms. The number of fused-ring (bicyclic) bond motifs is 3. The van der Waals surface area contributed by atoms with Gasteiger partial charge in [-0.25, -0.2) is 0 Å². The molecular weight excluding hydrogens is 461 g/mol. The molecule has 1 saturated carbocycles. The first-order chi connectivity index (χ1) is 13.3. The predicted octanol–water partition coefficient (Wildman–Crippen LogP) is 2.05. The van der Waals surface area contributed by atoms with E-state index in [0.29, 0.717) is 25.0 Å². The summed E-state index contributed by atoms with van der Waals surface area (Å²) in [7, 11) is 1.91. The fourth-order valence-electron chi connectivity index (χ4n) is 4.41. The normalized spacial score (nSPS) is 24.9. The van der Waals surface area contributed by atoms with Gasteiger partial charge >= 0.3 is 170 Å². The maximum atomic E-state index is 13.3. The Balaban J connectivity index is 1.56. The molecular formula is C20H27N5O2Sn. The number of amides is 1. The van der Waals surface area contributed by atoms with Gasteiger partial charge in [0, 0.05) is 0 Å². The van der Waals surface area contributed by atoms with Crippen molar-refractivity contribution in [3.05, 3.63) is 35.5 Å². The number of carbonyl (C=O) groups is 1. The third-order valence-corrected chi connectivity index (χ3v) is 11.9. The SMILES string of the molecule is CN1CC2C(c3noc(C4CC4)n3)NCN2c2ccc[c]([Sn]([CH3])([CH3])[CH3])c2C1=O. The van der Waals surface area contributed by atoms with E-state index in [4.69, 9.17) is 4.52 Å². The van der Waals surface area contributed by atoms with Gasteiger partial charge in [0.2, 0.25) is 0 Å². The van der Waals surface area contributed by atoms with Crippen molar-refractivity contribution in [1.82, 2.24) is 20.4 Å². The minimum atomic E-state index is -2.47. The van der Waals surface area contributed by atoms with Gasteiger partial charge < -0.3 is 0 Å². The molecule has 7 nitrogen and oxygen atoms in total. The van der Waals surface area contributed by atoms with E-state index in [2.05, 4.69) is 53.4 Å². The Hall–Kier alpha value is -1.61. The number of rotatable bonds is 3. The molecule has 5 rings (SSSR count). The number of likely N-dealkylation sites (N-methyl/N-ethyl adjacent to an activating group) is 1. The molecule has 2 fully saturated rings. The molecule has 1 aliphatic carbocycles. The van der Waals surface area contributed by atoms with E-state index in [1.165, 1.54) is 3.58 Å². The van der Waals surface area contributed by atoms with Crippen molar-refractivity contribution in [2.75, 3.05) is 25.2 Å². The van der Waals surface area contributed by atoms with Crippen LogP contribution in [0.2, 0.25) is 14.8 Å². The van der Waals surface area contributed by atoms with Crippen LogP contribution in [0.15, 0.2) is 22.7 Å². The van der Waals surface area contributed by atoms with E-state index in [-0.39, 0.29) is 18.0 Å². The summed E-state index contributed by atoms with van der Waals surface area (Å²) in [5.41, 5.74) is 1.95. The van der Waals surface area contributed by atoms with Gasteiger partial charge in [-0.1, -0.05) is 0 Å². The Kier molecular flexibility index (Phi) is 4.24. The fraction of sp³-hybridized carbons (Fsp3) is 0.550. The van der Waals surface area contributed by atoms with Crippen molar-refractivity contribution in [3.63, 3.8) is 0 Å². The van der Waals surface area contributed by atoms with Crippen LogP contribution in [0.25, 0.3) is 0 Å². The van der Waals surface area contributed by atoms with Crippen LogP contribution in [0.1, 0.15) is 46.9 Å². The number of nitrogens with one attached hydrogen (secondary N) is 1. The first kappa shape index (κ1) is 18.4. The van der Waals surface area contributed by atoms with Crippen LogP contribution >= 0.6 is 0 Å². The molecule has 2 aromatic rings. The molecule has 3 heterocycles. The first-order valence-corrected chi connectivity index (χ1v) is 20.1. The quantitative estimate of drug-likeness (QED) is 0.668. The van der Waals surface area contributed by atoms with E-state index in [1.54, 1.807) is 0 Å². The molecule has 8 heteroatoms. The van der Waals surface area contributed by atoms with Crippen molar-refractivity contribution in [3.8, 4) is 0 Å². The van der Waals surface area contributed by atoms with E-state index in [9.17, 15) is 4.79 Å². The van der Waals surface area contributed by atoms with Gasteiger partial charge in [0.05, 0.1) is 0 Å². The van der Waals surface area contributed by atoms with Gasteiger partial charge in [0.15, 0.2) is 0 Å². The van der Waals surface area contributed by atoms with Crippen LogP contribution in [0.4, 0.5) is 5.69 Å². The number of aromatic nitrogens is 2. The fourth-order valence-corrected chi connectivity index (χ4v) is 8.93. The second-order valence-electron chi connectivity index (χ2n) is 9.28. The maximum absolute atomic E-state index is 13.3. The molecule has 2 aliphatic heterocycles. The average Bonchev–Trinajstić information content (AvgIpc) is 3.27. The predicted molar refractivity (Wildman–Crippen MR) is 110 cm³/mol. The number of benzene rings is 1. The van der Waals surface area contributed by atoms with Crippen LogP contribution in [-0.2, 0) is 0 Å². The number of hydrogen-bond donors (Lipinski definition) is 1. The standard InChI is InChI=1S/C17H18N5O2.3CH3.Sn/c1-21-8-13-14(15-19-16(24-20-15)10-6-7-10)18-9-22(13)12-5-3-2-4-11(12)17(21)23;;;;/h2-3,5,10,13-14,18H,6-9H2,1H3;3*1H3;. The number of nitrogens with zero attached hydrogens (tertiary/aromatic N) is 4. The summed E-state index contributed by atoms with van der Waals surface area (Å²) in [6.45, 7) is 1.32. The van der Waals surface area contributed by atoms with Crippen molar-refractivity contribution in [2.45, 2.75) is 45.7 Å². The summed E-state index contributed by atoms with van der Waals surface area (Å²) in [6.07, 6.45) is 2.28. The molecule has 1 aromatic carbocycles. The number of anilines is 1. The summed E-state index contributed by atoms with van der Waals surface area (Å²) < 4.78 is 6.80. The zero-order chi connectivity index (χ0) is 19.6. The molecule has 148 valence electrons. The summed E-state index contributed by atoms with van der Waals surface area (Å²) in [5.74, 6) is 2.06. The van der Waals surface area contributed by atoms with Gasteiger partial charge in [0.25, 0.3) is 0 Å². The molecule has 0 spiro atoms. The van der Waals surface area contributed by atoms with Gasteiger partial charge in [-0.2, -0.15) is 0 Å². The van der Waals surface area contributed by atoms with Gasteiger partial charge in [-0.05, 0) is 0 Å². The topological polar surface area (TPSA) is 74.5 Å². The molecule has 0 radical (unpaired) electrons. The van der Waals surface area contributed by atoms with Gasteiger partial charge in [0.1, 0.15) is 0 Å². The van der Waals surface area contributed by atoms with Crippen LogP contribution in [0, 0.1) is 0 Å². The number of carbonyl (C=O) groups excluding carboxylic acids is 1. The van der Waals surface area contributed by atoms with Gasteiger partial charge in [-0.3, -0.25) is 0 Å². The summed E-state index contributed by atoms with van der Waals surface area (Å²) >= 11 is -2.47. The Labute approximate surface area is 169 Å². The number of hydrogen-bond acceptors (Lipinski definition) is 6. The van der Waals surface area contributed by atoms with Crippen LogP contribution in [0.3, 0.4) is 0 Å². The Bertz CT molecular complexity index is 933. The summed E-state index contributed by atoms with van der Waals surface area (Å²) in [4.78, 5) is 29.3. The van der Waals surface area contributed by atoms with E-state index in [1.807, 2.05) is 11.9 Å². The minimum absolute atomic E-state index is 0.0424. The van der Waals surface area contributed by atoms with Crippen LogP contribution < -0.4 is 13.8 Å². The van der Waals surface area contributed by atoms with E-state index >= 15 is 0 Å². The monoisotopic (exact) mass is 489 g/mol. The average molecular weight is 488 g/mol. The molecule has 2 unspecified atom stereocenters. The summed E-state index contributed by atoms with van der Waals surface area (Å²) in [5, 5.41) is 7.84. The third kappa shape index (κ3) is 2.94. The zero-order valence-electron chi connectivity index (χ0n) is 16.9.